The average Bonchev–Trinajstić information content (AvgIpc) is 2.51. The smallest absolute Gasteiger partial charge is 0.271 e. The van der Waals surface area contributed by atoms with Gasteiger partial charge in [-0.1, -0.05) is 24.0 Å². The van der Waals surface area contributed by atoms with E-state index in [4.69, 9.17) is 5.11 Å². The van der Waals surface area contributed by atoms with E-state index in [9.17, 15) is 9.18 Å². The second-order valence-electron chi connectivity index (χ2n) is 4.17. The Labute approximate surface area is 121 Å². The molecule has 0 spiro atoms. The molecule has 0 unspecified atom stereocenters. The highest BCUT2D eigenvalue weighted by Crippen LogP contribution is 2.06. The van der Waals surface area contributed by atoms with Crippen molar-refractivity contribution in [1.82, 2.24) is 10.3 Å². The minimum atomic E-state index is -0.401. The predicted molar refractivity (Wildman–Crippen MR) is 75.8 cm³/mol. The van der Waals surface area contributed by atoms with Crippen LogP contribution in [0.25, 0.3) is 0 Å². The molecule has 0 aliphatic heterocycles. The number of amides is 1. The molecule has 2 aromatic rings. The van der Waals surface area contributed by atoms with Crippen molar-refractivity contribution in [3.8, 4) is 11.8 Å². The third-order valence-electron chi connectivity index (χ3n) is 2.67. The summed E-state index contributed by atoms with van der Waals surface area (Å²) in [4.78, 5) is 16.1. The summed E-state index contributed by atoms with van der Waals surface area (Å²) in [6, 6.07) is 9.29. The summed E-state index contributed by atoms with van der Waals surface area (Å²) in [6.07, 6.45) is 1.49. The summed E-state index contributed by atoms with van der Waals surface area (Å²) in [5.74, 6) is 4.39. The van der Waals surface area contributed by atoms with E-state index in [2.05, 4.69) is 22.1 Å². The third-order valence-corrected chi connectivity index (χ3v) is 2.67. The number of aromatic nitrogens is 1. The molecule has 4 nitrogen and oxygen atoms in total. The number of hydrogen-bond acceptors (Lipinski definition) is 3. The van der Waals surface area contributed by atoms with E-state index in [1.807, 2.05) is 0 Å². The number of carbonyl (C=O) groups excluding carboxylic acids is 1. The molecule has 2 N–H and O–H groups in total. The molecule has 0 fully saturated rings. The fourth-order valence-corrected chi connectivity index (χ4v) is 1.73. The van der Waals surface area contributed by atoms with Crippen LogP contribution in [0.3, 0.4) is 0 Å². The maximum absolute atomic E-state index is 13.1. The molecule has 1 heterocycles. The van der Waals surface area contributed by atoms with Crippen LogP contribution in [0.15, 0.2) is 42.6 Å². The lowest BCUT2D eigenvalue weighted by molar-refractivity contribution is 0.0945. The molecule has 1 aromatic carbocycles. The highest BCUT2D eigenvalue weighted by atomic mass is 19.1. The maximum Gasteiger partial charge on any atom is 0.271 e. The van der Waals surface area contributed by atoms with Crippen LogP contribution < -0.4 is 5.32 Å². The van der Waals surface area contributed by atoms with Gasteiger partial charge in [-0.3, -0.25) is 4.79 Å². The van der Waals surface area contributed by atoms with E-state index in [-0.39, 0.29) is 24.7 Å². The number of pyridine rings is 1. The number of aliphatic hydroxyl groups excluding tert-OH is 1. The van der Waals surface area contributed by atoms with Crippen molar-refractivity contribution in [2.45, 2.75) is 6.54 Å². The van der Waals surface area contributed by atoms with E-state index in [1.54, 1.807) is 24.3 Å². The molecule has 1 aromatic heterocycles. The first-order valence-electron chi connectivity index (χ1n) is 6.28. The van der Waals surface area contributed by atoms with Crippen LogP contribution in [0.4, 0.5) is 4.39 Å². The lowest BCUT2D eigenvalue weighted by atomic mass is 10.1. The molecule has 0 saturated heterocycles. The first kappa shape index (κ1) is 14.7. The van der Waals surface area contributed by atoms with Crippen molar-refractivity contribution >= 4 is 5.91 Å². The summed E-state index contributed by atoms with van der Waals surface area (Å²) in [7, 11) is 0. The number of benzene rings is 1. The Bertz CT molecular complexity index is 705. The summed E-state index contributed by atoms with van der Waals surface area (Å²) in [6.45, 7) is -0.0979. The molecule has 0 aliphatic rings. The SMILES string of the molecule is O=C(NCc1cccc(F)c1)c1ncccc1C#CCO. The standard InChI is InChI=1S/C16H13FN2O2/c17-14-7-1-4-12(10-14)11-19-16(21)15-13(6-3-9-20)5-2-8-18-15/h1-2,4-5,7-8,10,20H,9,11H2,(H,19,21). The van der Waals surface area contributed by atoms with Crippen molar-refractivity contribution < 1.29 is 14.3 Å². The highest BCUT2D eigenvalue weighted by molar-refractivity contribution is 5.94. The summed E-state index contributed by atoms with van der Waals surface area (Å²) >= 11 is 0. The normalized spacial score (nSPS) is 9.62. The molecule has 1 amide bonds. The number of nitrogens with zero attached hydrogens (tertiary/aromatic N) is 1. The Morgan fingerprint density at radius 3 is 2.95 bits per heavy atom. The van der Waals surface area contributed by atoms with Crippen molar-refractivity contribution in [2.75, 3.05) is 6.61 Å². The van der Waals surface area contributed by atoms with Crippen LogP contribution in [0, 0.1) is 17.7 Å². The molecule has 106 valence electrons. The minimum Gasteiger partial charge on any atom is -0.384 e. The number of hydrogen-bond donors (Lipinski definition) is 2. The van der Waals surface area contributed by atoms with Gasteiger partial charge in [0.1, 0.15) is 18.1 Å². The molecule has 0 radical (unpaired) electrons. The van der Waals surface area contributed by atoms with Gasteiger partial charge in [-0.25, -0.2) is 9.37 Å². The second-order valence-corrected chi connectivity index (χ2v) is 4.17. The van der Waals surface area contributed by atoms with Crippen LogP contribution in [0.2, 0.25) is 0 Å². The van der Waals surface area contributed by atoms with Crippen molar-refractivity contribution in [2.24, 2.45) is 0 Å². The zero-order chi connectivity index (χ0) is 15.1. The number of nitrogens with one attached hydrogen (secondary N) is 1. The highest BCUT2D eigenvalue weighted by Gasteiger charge is 2.11. The van der Waals surface area contributed by atoms with Gasteiger partial charge < -0.3 is 10.4 Å². The van der Waals surface area contributed by atoms with Gasteiger partial charge in [0.2, 0.25) is 0 Å². The van der Waals surface area contributed by atoms with Gasteiger partial charge in [-0.2, -0.15) is 0 Å². The lowest BCUT2D eigenvalue weighted by Crippen LogP contribution is -2.24. The molecular formula is C16H13FN2O2. The Kier molecular flexibility index (Phi) is 5.02. The Hall–Kier alpha value is -2.71. The number of carbonyl (C=O) groups is 1. The summed E-state index contributed by atoms with van der Waals surface area (Å²) < 4.78 is 13.1. The van der Waals surface area contributed by atoms with E-state index < -0.39 is 5.91 Å². The van der Waals surface area contributed by atoms with Gasteiger partial charge in [0.25, 0.3) is 5.91 Å². The van der Waals surface area contributed by atoms with Crippen LogP contribution in [0.5, 0.6) is 0 Å². The zero-order valence-corrected chi connectivity index (χ0v) is 11.1. The Morgan fingerprint density at radius 1 is 1.33 bits per heavy atom. The number of rotatable bonds is 3. The second kappa shape index (κ2) is 7.17. The van der Waals surface area contributed by atoms with Crippen molar-refractivity contribution in [1.29, 1.82) is 0 Å². The zero-order valence-electron chi connectivity index (χ0n) is 11.1. The summed E-state index contributed by atoms with van der Waals surface area (Å²) in [5.41, 5.74) is 1.26. The summed E-state index contributed by atoms with van der Waals surface area (Å²) in [5, 5.41) is 11.4. The van der Waals surface area contributed by atoms with Crippen LogP contribution >= 0.6 is 0 Å². The van der Waals surface area contributed by atoms with Gasteiger partial charge in [-0.05, 0) is 29.8 Å². The topological polar surface area (TPSA) is 62.2 Å². The van der Waals surface area contributed by atoms with E-state index in [0.29, 0.717) is 11.1 Å². The van der Waals surface area contributed by atoms with Gasteiger partial charge in [0.15, 0.2) is 0 Å². The van der Waals surface area contributed by atoms with E-state index in [1.165, 1.54) is 18.3 Å². The molecule has 2 rings (SSSR count). The Morgan fingerprint density at radius 2 is 2.19 bits per heavy atom. The van der Waals surface area contributed by atoms with E-state index in [0.717, 1.165) is 0 Å². The fourth-order valence-electron chi connectivity index (χ4n) is 1.73. The predicted octanol–water partition coefficient (Wildman–Crippen LogP) is 1.49. The minimum absolute atomic E-state index is 0.176. The lowest BCUT2D eigenvalue weighted by Gasteiger charge is -2.06. The average molecular weight is 284 g/mol. The number of halogens is 1. The third kappa shape index (κ3) is 4.13. The molecule has 0 bridgehead atoms. The van der Waals surface area contributed by atoms with Crippen LogP contribution in [0.1, 0.15) is 21.6 Å². The van der Waals surface area contributed by atoms with Gasteiger partial charge in [0.05, 0.1) is 5.56 Å². The number of aliphatic hydroxyl groups is 1. The largest absolute Gasteiger partial charge is 0.384 e. The quantitative estimate of drug-likeness (QED) is 0.840. The monoisotopic (exact) mass is 284 g/mol. The van der Waals surface area contributed by atoms with Gasteiger partial charge in [0, 0.05) is 12.7 Å². The van der Waals surface area contributed by atoms with Crippen molar-refractivity contribution in [3.05, 3.63) is 65.2 Å². The molecule has 5 heteroatoms. The molecule has 0 aliphatic carbocycles. The maximum atomic E-state index is 13.1. The Balaban J connectivity index is 2.10. The van der Waals surface area contributed by atoms with E-state index >= 15 is 0 Å². The molecule has 0 atom stereocenters. The van der Waals surface area contributed by atoms with Crippen LogP contribution in [-0.2, 0) is 6.54 Å². The van der Waals surface area contributed by atoms with Crippen LogP contribution in [-0.4, -0.2) is 22.6 Å². The first-order valence-corrected chi connectivity index (χ1v) is 6.28. The molecule has 0 saturated carbocycles. The van der Waals surface area contributed by atoms with Gasteiger partial charge in [-0.15, -0.1) is 0 Å². The fraction of sp³-hybridized carbons (Fsp3) is 0.125. The van der Waals surface area contributed by atoms with Gasteiger partial charge >= 0.3 is 0 Å². The van der Waals surface area contributed by atoms with Crippen molar-refractivity contribution in [3.63, 3.8) is 0 Å². The molecule has 21 heavy (non-hydrogen) atoms. The first-order chi connectivity index (χ1) is 10.2. The molecular weight excluding hydrogens is 271 g/mol.